The van der Waals surface area contributed by atoms with Crippen LogP contribution < -0.4 is 0 Å². The molecule has 466 valence electrons. The third kappa shape index (κ3) is 67.0. The van der Waals surface area contributed by atoms with Crippen molar-refractivity contribution < 1.29 is 28.6 Å². The van der Waals surface area contributed by atoms with Crippen LogP contribution in [-0.4, -0.2) is 37.2 Å². The van der Waals surface area contributed by atoms with Crippen LogP contribution >= 0.6 is 0 Å². The van der Waals surface area contributed by atoms with Gasteiger partial charge in [-0.1, -0.05) is 304 Å². The summed E-state index contributed by atoms with van der Waals surface area (Å²) >= 11 is 0. The summed E-state index contributed by atoms with van der Waals surface area (Å²) < 4.78 is 17.0. The maximum absolute atomic E-state index is 13.0. The summed E-state index contributed by atoms with van der Waals surface area (Å²) in [6.07, 6.45) is 92.9. The third-order valence-electron chi connectivity index (χ3n) is 15.0. The molecular formula is C75H130O6. The van der Waals surface area contributed by atoms with Gasteiger partial charge in [0.15, 0.2) is 6.10 Å². The Morgan fingerprint density at radius 3 is 0.815 bits per heavy atom. The largest absolute Gasteiger partial charge is 0.462 e. The summed E-state index contributed by atoms with van der Waals surface area (Å²) in [5, 5.41) is 0. The van der Waals surface area contributed by atoms with E-state index < -0.39 is 6.10 Å². The second kappa shape index (κ2) is 68.8. The third-order valence-corrected chi connectivity index (χ3v) is 15.0. The first-order chi connectivity index (χ1) is 40.0. The van der Waals surface area contributed by atoms with Gasteiger partial charge < -0.3 is 14.2 Å². The van der Waals surface area contributed by atoms with Crippen LogP contribution in [0.5, 0.6) is 0 Å². The van der Waals surface area contributed by atoms with Gasteiger partial charge in [-0.15, -0.1) is 0 Å². The number of carbonyl (C=O) groups is 3. The summed E-state index contributed by atoms with van der Waals surface area (Å²) in [6.45, 7) is 6.49. The molecule has 1 unspecified atom stereocenters. The van der Waals surface area contributed by atoms with Gasteiger partial charge in [0.2, 0.25) is 0 Å². The minimum absolute atomic E-state index is 0.0822. The molecule has 0 aromatic heterocycles. The Balaban J connectivity index is 4.29. The fourth-order valence-corrected chi connectivity index (χ4v) is 9.86. The molecule has 0 aliphatic carbocycles. The van der Waals surface area contributed by atoms with Crippen molar-refractivity contribution in [1.82, 2.24) is 0 Å². The summed E-state index contributed by atoms with van der Waals surface area (Å²) in [7, 11) is 0. The number of ether oxygens (including phenoxy) is 3. The van der Waals surface area contributed by atoms with Crippen molar-refractivity contribution in [2.24, 2.45) is 0 Å². The van der Waals surface area contributed by atoms with Gasteiger partial charge >= 0.3 is 17.9 Å². The molecule has 0 saturated heterocycles. The zero-order valence-corrected chi connectivity index (χ0v) is 53.5. The molecule has 6 heteroatoms. The number of hydrogen-bond donors (Lipinski definition) is 0. The van der Waals surface area contributed by atoms with Crippen LogP contribution in [0, 0.1) is 0 Å². The minimum atomic E-state index is -0.787. The number of rotatable bonds is 63. The molecule has 1 atom stereocenters. The molecule has 0 spiro atoms. The lowest BCUT2D eigenvalue weighted by atomic mass is 10.0. The molecule has 0 aliphatic rings. The van der Waals surface area contributed by atoms with E-state index in [1.165, 1.54) is 186 Å². The maximum atomic E-state index is 13.0. The van der Waals surface area contributed by atoms with Crippen LogP contribution in [0.1, 0.15) is 342 Å². The van der Waals surface area contributed by atoms with Crippen LogP contribution in [0.3, 0.4) is 0 Å². The van der Waals surface area contributed by atoms with Crippen LogP contribution in [0.15, 0.2) is 97.2 Å². The first kappa shape index (κ1) is 77.3. The molecule has 0 saturated carbocycles. The molecule has 0 amide bonds. The van der Waals surface area contributed by atoms with Gasteiger partial charge in [0.25, 0.3) is 0 Å². The molecular weight excluding hydrogens is 997 g/mol. The Morgan fingerprint density at radius 1 is 0.259 bits per heavy atom. The van der Waals surface area contributed by atoms with Gasteiger partial charge in [0.1, 0.15) is 13.2 Å². The Bertz CT molecular complexity index is 1580. The molecule has 0 aromatic carbocycles. The highest BCUT2D eigenvalue weighted by atomic mass is 16.6. The van der Waals surface area contributed by atoms with E-state index in [0.717, 1.165) is 116 Å². The first-order valence-corrected chi connectivity index (χ1v) is 34.7. The second-order valence-corrected chi connectivity index (χ2v) is 23.1. The predicted octanol–water partition coefficient (Wildman–Crippen LogP) is 24.0. The lowest BCUT2D eigenvalue weighted by Crippen LogP contribution is -2.30. The van der Waals surface area contributed by atoms with Crippen LogP contribution in [-0.2, 0) is 28.6 Å². The number of esters is 3. The van der Waals surface area contributed by atoms with Crippen molar-refractivity contribution in [3.05, 3.63) is 97.2 Å². The second-order valence-electron chi connectivity index (χ2n) is 23.1. The zero-order valence-electron chi connectivity index (χ0n) is 53.5. The fraction of sp³-hybridized carbons (Fsp3) is 0.747. The predicted molar refractivity (Wildman–Crippen MR) is 353 cm³/mol. The molecule has 0 heterocycles. The lowest BCUT2D eigenvalue weighted by molar-refractivity contribution is -0.167. The first-order valence-electron chi connectivity index (χ1n) is 34.7. The van der Waals surface area contributed by atoms with Gasteiger partial charge in [-0.2, -0.15) is 0 Å². The van der Waals surface area contributed by atoms with E-state index in [2.05, 4.69) is 118 Å². The Morgan fingerprint density at radius 2 is 0.506 bits per heavy atom. The zero-order chi connectivity index (χ0) is 58.5. The topological polar surface area (TPSA) is 78.9 Å². The summed E-state index contributed by atoms with van der Waals surface area (Å²) in [6, 6.07) is 0. The van der Waals surface area contributed by atoms with E-state index in [4.69, 9.17) is 14.2 Å². The van der Waals surface area contributed by atoms with Crippen molar-refractivity contribution in [3.8, 4) is 0 Å². The Kier molecular flexibility index (Phi) is 65.7. The molecule has 6 nitrogen and oxygen atoms in total. The molecule has 0 fully saturated rings. The quantitative estimate of drug-likeness (QED) is 0.0261. The van der Waals surface area contributed by atoms with Crippen molar-refractivity contribution in [1.29, 1.82) is 0 Å². The highest BCUT2D eigenvalue weighted by Crippen LogP contribution is 2.17. The Labute approximate surface area is 502 Å². The number of carbonyl (C=O) groups excluding carboxylic acids is 3. The van der Waals surface area contributed by atoms with E-state index in [0.29, 0.717) is 19.3 Å². The van der Waals surface area contributed by atoms with Crippen molar-refractivity contribution in [2.45, 2.75) is 348 Å². The summed E-state index contributed by atoms with van der Waals surface area (Å²) in [5.41, 5.74) is 0. The molecule has 0 aliphatic heterocycles. The molecule has 0 aromatic rings. The highest BCUT2D eigenvalue weighted by Gasteiger charge is 2.19. The Hall–Kier alpha value is -3.67. The van der Waals surface area contributed by atoms with Crippen LogP contribution in [0.2, 0.25) is 0 Å². The number of allylic oxidation sites excluding steroid dienone is 16. The van der Waals surface area contributed by atoms with Gasteiger partial charge in [-0.25, -0.2) is 0 Å². The van der Waals surface area contributed by atoms with Crippen molar-refractivity contribution in [3.63, 3.8) is 0 Å². The van der Waals surface area contributed by atoms with Gasteiger partial charge in [-0.3, -0.25) is 14.4 Å². The van der Waals surface area contributed by atoms with E-state index in [9.17, 15) is 14.4 Å². The standard InChI is InChI=1S/C75H130O6/c1-4-7-10-13-16-19-22-25-27-29-31-33-35-36-37-38-40-41-43-45-47-50-53-56-59-62-65-68-74(77)80-71-72(70-79-73(76)67-64-61-58-55-52-49-24-21-18-15-12-9-6-3)81-75(78)69-66-63-60-57-54-51-48-46-44-42-39-34-32-30-28-26-23-20-17-14-11-8-5-2/h7,10,12,15-16,19,21,24-25,27,30-33,36-37,72H,4-6,8-9,11,13-14,17-18,20,22-23,26,28-29,34-35,38-71H2,1-3H3/b10-7-,15-12-,19-16-,24-21-,27-25-,32-30-,33-31-,37-36-. The highest BCUT2D eigenvalue weighted by molar-refractivity contribution is 5.71. The normalized spacial score (nSPS) is 12.7. The van der Waals surface area contributed by atoms with E-state index in [-0.39, 0.29) is 31.1 Å². The van der Waals surface area contributed by atoms with E-state index in [1.54, 1.807) is 0 Å². The SMILES string of the molecule is CC/C=C\C/C=C\C/C=C\C/C=C\C/C=C\CCCCCCCCCCCCCC(=O)OCC(COC(=O)CCCCCCC/C=C\C/C=C\CCC)OC(=O)CCCCCCCCCCCCC/C=C\CCCCCCCCCC. The lowest BCUT2D eigenvalue weighted by Gasteiger charge is -2.18. The van der Waals surface area contributed by atoms with E-state index in [1.807, 2.05) is 0 Å². The van der Waals surface area contributed by atoms with Crippen molar-refractivity contribution in [2.75, 3.05) is 13.2 Å². The molecule has 0 N–H and O–H groups in total. The van der Waals surface area contributed by atoms with E-state index >= 15 is 0 Å². The fourth-order valence-electron chi connectivity index (χ4n) is 9.86. The molecule has 0 radical (unpaired) electrons. The van der Waals surface area contributed by atoms with Gasteiger partial charge in [0, 0.05) is 19.3 Å². The summed E-state index contributed by atoms with van der Waals surface area (Å²) in [5.74, 6) is -0.886. The minimum Gasteiger partial charge on any atom is -0.462 e. The number of hydrogen-bond acceptors (Lipinski definition) is 6. The maximum Gasteiger partial charge on any atom is 0.306 e. The van der Waals surface area contributed by atoms with Crippen LogP contribution in [0.4, 0.5) is 0 Å². The van der Waals surface area contributed by atoms with Crippen LogP contribution in [0.25, 0.3) is 0 Å². The number of unbranched alkanes of at least 4 members (excludes halogenated alkanes) is 36. The van der Waals surface area contributed by atoms with Crippen molar-refractivity contribution >= 4 is 17.9 Å². The summed E-state index contributed by atoms with van der Waals surface area (Å²) in [4.78, 5) is 38.4. The average molecular weight is 1130 g/mol. The van der Waals surface area contributed by atoms with Gasteiger partial charge in [-0.05, 0) is 116 Å². The van der Waals surface area contributed by atoms with Gasteiger partial charge in [0.05, 0.1) is 0 Å². The average Bonchev–Trinajstić information content (AvgIpc) is 3.46. The monoisotopic (exact) mass is 1130 g/mol. The molecule has 0 bridgehead atoms. The molecule has 81 heavy (non-hydrogen) atoms. The smallest absolute Gasteiger partial charge is 0.306 e. The molecule has 0 rings (SSSR count).